The predicted molar refractivity (Wildman–Crippen MR) is 45.0 cm³/mol. The number of hydrogen-bond donors (Lipinski definition) is 0. The second kappa shape index (κ2) is 6.24. The van der Waals surface area contributed by atoms with Gasteiger partial charge >= 0.3 is 0 Å². The first-order chi connectivity index (χ1) is 4.85. The lowest BCUT2D eigenvalue weighted by Crippen LogP contribution is -1.91. The zero-order valence-electron chi connectivity index (χ0n) is 6.70. The Kier molecular flexibility index (Phi) is 5.69. The van der Waals surface area contributed by atoms with Gasteiger partial charge in [-0.1, -0.05) is 12.8 Å². The molecule has 53 valence electrons. The molecule has 0 nitrogen and oxygen atoms in total. The highest BCUT2D eigenvalue weighted by molar-refractivity contribution is 5.09. The van der Waals surface area contributed by atoms with Gasteiger partial charge in [0.15, 0.2) is 0 Å². The highest BCUT2D eigenvalue weighted by atomic mass is 14.0. The maximum atomic E-state index is 3.44. The average Bonchev–Trinajstić information content (AvgIpc) is 1.98. The lowest BCUT2D eigenvalue weighted by molar-refractivity contribution is 0.671. The first-order valence-electron chi connectivity index (χ1n) is 3.52. The molecule has 0 aliphatic heterocycles. The minimum absolute atomic E-state index is 0.444. The Morgan fingerprint density at radius 2 is 2.20 bits per heavy atom. The molecule has 0 fully saturated rings. The van der Waals surface area contributed by atoms with Crippen molar-refractivity contribution in [2.24, 2.45) is 5.92 Å². The molecule has 0 amide bonds. The molecule has 0 aromatic carbocycles. The standard InChI is InChI=1S/C10H13/c1-4-7-9-10(6-3)8-5-2/h10H,1,6,9H2,2-3H3. The summed E-state index contributed by atoms with van der Waals surface area (Å²) >= 11 is 0. The quantitative estimate of drug-likeness (QED) is 0.507. The van der Waals surface area contributed by atoms with Crippen molar-refractivity contribution in [3.05, 3.63) is 6.92 Å². The van der Waals surface area contributed by atoms with Crippen LogP contribution in [0.1, 0.15) is 26.7 Å². The van der Waals surface area contributed by atoms with Gasteiger partial charge in [0, 0.05) is 19.3 Å². The lowest BCUT2D eigenvalue weighted by Gasteiger charge is -1.99. The molecule has 10 heavy (non-hydrogen) atoms. The van der Waals surface area contributed by atoms with Crippen LogP contribution in [0, 0.1) is 36.5 Å². The van der Waals surface area contributed by atoms with Gasteiger partial charge in [0.1, 0.15) is 0 Å². The summed E-state index contributed by atoms with van der Waals surface area (Å²) in [5.41, 5.74) is 0. The fourth-order valence-electron chi connectivity index (χ4n) is 0.697. The molecule has 0 aromatic heterocycles. The van der Waals surface area contributed by atoms with Gasteiger partial charge in [-0.3, -0.25) is 0 Å². The molecule has 0 aromatic rings. The van der Waals surface area contributed by atoms with Gasteiger partial charge in [0.25, 0.3) is 0 Å². The molecule has 1 atom stereocenters. The predicted octanol–water partition coefficient (Wildman–Crippen LogP) is 2.26. The van der Waals surface area contributed by atoms with Crippen molar-refractivity contribution in [2.75, 3.05) is 0 Å². The van der Waals surface area contributed by atoms with Gasteiger partial charge in [-0.2, -0.15) is 0 Å². The van der Waals surface area contributed by atoms with E-state index in [0.29, 0.717) is 5.92 Å². The van der Waals surface area contributed by atoms with Crippen LogP contribution in [0.4, 0.5) is 0 Å². The summed E-state index contributed by atoms with van der Waals surface area (Å²) in [7, 11) is 0. The van der Waals surface area contributed by atoms with E-state index in [9.17, 15) is 0 Å². The van der Waals surface area contributed by atoms with Crippen LogP contribution < -0.4 is 0 Å². The van der Waals surface area contributed by atoms with Crippen molar-refractivity contribution in [1.29, 1.82) is 0 Å². The normalized spacial score (nSPS) is 10.3. The summed E-state index contributed by atoms with van der Waals surface area (Å²) in [5.74, 6) is 12.0. The largest absolute Gasteiger partial charge is 0.106 e. The Morgan fingerprint density at radius 3 is 2.60 bits per heavy atom. The van der Waals surface area contributed by atoms with Crippen molar-refractivity contribution in [3.63, 3.8) is 0 Å². The molecular formula is C10H13. The van der Waals surface area contributed by atoms with E-state index in [1.165, 1.54) is 0 Å². The van der Waals surface area contributed by atoms with Crippen molar-refractivity contribution in [2.45, 2.75) is 26.7 Å². The van der Waals surface area contributed by atoms with Gasteiger partial charge < -0.3 is 0 Å². The topological polar surface area (TPSA) is 0 Å². The van der Waals surface area contributed by atoms with E-state index in [-0.39, 0.29) is 0 Å². The molecule has 0 spiro atoms. The van der Waals surface area contributed by atoms with Crippen molar-refractivity contribution < 1.29 is 0 Å². The SMILES string of the molecule is [CH2]C#CCC(C#CC)CC. The van der Waals surface area contributed by atoms with Crippen molar-refractivity contribution in [1.82, 2.24) is 0 Å². The van der Waals surface area contributed by atoms with Crippen molar-refractivity contribution in [3.8, 4) is 23.7 Å². The molecule has 1 radical (unpaired) electrons. The summed E-state index contributed by atoms with van der Waals surface area (Å²) in [6.45, 7) is 7.43. The van der Waals surface area contributed by atoms with Crippen LogP contribution in [0.5, 0.6) is 0 Å². The maximum Gasteiger partial charge on any atom is 0.0309 e. The zero-order chi connectivity index (χ0) is 7.82. The van der Waals surface area contributed by atoms with E-state index in [4.69, 9.17) is 0 Å². The van der Waals surface area contributed by atoms with Gasteiger partial charge in [0.2, 0.25) is 0 Å². The Labute approximate surface area is 64.0 Å². The fourth-order valence-corrected chi connectivity index (χ4v) is 0.697. The molecule has 0 N–H and O–H groups in total. The Bertz CT molecular complexity index is 180. The molecule has 0 aliphatic carbocycles. The Hall–Kier alpha value is -0.880. The minimum Gasteiger partial charge on any atom is -0.106 e. The number of hydrogen-bond acceptors (Lipinski definition) is 0. The molecule has 1 unspecified atom stereocenters. The summed E-state index contributed by atoms with van der Waals surface area (Å²) in [4.78, 5) is 0. The average molecular weight is 133 g/mol. The number of rotatable bonds is 2. The molecule has 0 saturated carbocycles. The van der Waals surface area contributed by atoms with E-state index in [1.807, 2.05) is 6.92 Å². The van der Waals surface area contributed by atoms with E-state index in [0.717, 1.165) is 12.8 Å². The highest BCUT2D eigenvalue weighted by Gasteiger charge is 1.96. The summed E-state index contributed by atoms with van der Waals surface area (Å²) < 4.78 is 0. The monoisotopic (exact) mass is 133 g/mol. The first kappa shape index (κ1) is 9.12. The lowest BCUT2D eigenvalue weighted by atomic mass is 10.0. The maximum absolute atomic E-state index is 3.44. The first-order valence-corrected chi connectivity index (χ1v) is 3.52. The van der Waals surface area contributed by atoms with Crippen LogP contribution in [0.15, 0.2) is 0 Å². The van der Waals surface area contributed by atoms with Crippen LogP contribution in [-0.2, 0) is 0 Å². The highest BCUT2D eigenvalue weighted by Crippen LogP contribution is 2.04. The fraction of sp³-hybridized carbons (Fsp3) is 0.500. The molecule has 0 bridgehead atoms. The van der Waals surface area contributed by atoms with Gasteiger partial charge in [0.05, 0.1) is 0 Å². The van der Waals surface area contributed by atoms with Crippen molar-refractivity contribution >= 4 is 0 Å². The summed E-state index contributed by atoms with van der Waals surface area (Å²) in [5, 5.41) is 0. The van der Waals surface area contributed by atoms with Crippen LogP contribution >= 0.6 is 0 Å². The third-order valence-corrected chi connectivity index (χ3v) is 1.31. The van der Waals surface area contributed by atoms with Crippen LogP contribution in [0.2, 0.25) is 0 Å². The smallest absolute Gasteiger partial charge is 0.0309 e. The second-order valence-corrected chi connectivity index (χ2v) is 2.06. The molecule has 0 saturated heterocycles. The molecular weight excluding hydrogens is 120 g/mol. The Balaban J connectivity index is 3.75. The van der Waals surface area contributed by atoms with Gasteiger partial charge in [-0.25, -0.2) is 0 Å². The van der Waals surface area contributed by atoms with Gasteiger partial charge in [-0.15, -0.1) is 17.8 Å². The van der Waals surface area contributed by atoms with Crippen LogP contribution in [0.3, 0.4) is 0 Å². The molecule has 0 aliphatic rings. The molecule has 0 heterocycles. The van der Waals surface area contributed by atoms with Gasteiger partial charge in [-0.05, 0) is 13.3 Å². The van der Waals surface area contributed by atoms with E-state index in [2.05, 4.69) is 37.5 Å². The summed E-state index contributed by atoms with van der Waals surface area (Å²) in [6, 6.07) is 0. The van der Waals surface area contributed by atoms with E-state index in [1.54, 1.807) is 0 Å². The van der Waals surface area contributed by atoms with E-state index >= 15 is 0 Å². The van der Waals surface area contributed by atoms with E-state index < -0.39 is 0 Å². The van der Waals surface area contributed by atoms with Crippen LogP contribution in [0.25, 0.3) is 0 Å². The second-order valence-electron chi connectivity index (χ2n) is 2.06. The summed E-state index contributed by atoms with van der Waals surface area (Å²) in [6.07, 6.45) is 1.94. The minimum atomic E-state index is 0.444. The third-order valence-electron chi connectivity index (χ3n) is 1.31. The Morgan fingerprint density at radius 1 is 1.50 bits per heavy atom. The molecule has 0 rings (SSSR count). The molecule has 0 heteroatoms. The zero-order valence-corrected chi connectivity index (χ0v) is 6.70. The third kappa shape index (κ3) is 4.04. The van der Waals surface area contributed by atoms with Crippen LogP contribution in [-0.4, -0.2) is 0 Å².